The van der Waals surface area contributed by atoms with Crippen molar-refractivity contribution in [3.05, 3.63) is 64.7 Å². The number of carbonyl (C=O) groups excluding carboxylic acids is 2. The zero-order chi connectivity index (χ0) is 25.1. The predicted octanol–water partition coefficient (Wildman–Crippen LogP) is 4.23. The molecule has 0 aliphatic rings. The van der Waals surface area contributed by atoms with Gasteiger partial charge in [0.25, 0.3) is 0 Å². The van der Waals surface area contributed by atoms with Gasteiger partial charge in [0.1, 0.15) is 22.8 Å². The Labute approximate surface area is 202 Å². The molecule has 3 aromatic heterocycles. The molecule has 180 valence electrons. The van der Waals surface area contributed by atoms with Crippen LogP contribution in [0.4, 0.5) is 11.6 Å². The van der Waals surface area contributed by atoms with E-state index in [1.807, 2.05) is 38.1 Å². The Kier molecular flexibility index (Phi) is 6.72. The van der Waals surface area contributed by atoms with Crippen molar-refractivity contribution < 1.29 is 19.1 Å². The molecule has 0 spiro atoms. The highest BCUT2D eigenvalue weighted by Gasteiger charge is 2.24. The number of aromatic nitrogens is 5. The highest BCUT2D eigenvalue weighted by atomic mass is 16.5. The first-order chi connectivity index (χ1) is 16.8. The lowest BCUT2D eigenvalue weighted by Crippen LogP contribution is -2.15. The van der Waals surface area contributed by atoms with Crippen LogP contribution in [-0.4, -0.2) is 49.9 Å². The lowest BCUT2D eigenvalue weighted by Gasteiger charge is -2.15. The maximum atomic E-state index is 12.8. The van der Waals surface area contributed by atoms with Gasteiger partial charge in [0.05, 0.1) is 24.9 Å². The van der Waals surface area contributed by atoms with E-state index in [1.165, 1.54) is 17.1 Å². The molecule has 4 aromatic rings. The molecule has 1 aromatic carbocycles. The van der Waals surface area contributed by atoms with Crippen molar-refractivity contribution >= 4 is 34.5 Å². The van der Waals surface area contributed by atoms with Crippen LogP contribution >= 0.6 is 0 Å². The number of para-hydroxylation sites is 1. The van der Waals surface area contributed by atoms with E-state index in [0.717, 1.165) is 22.0 Å². The first-order valence-corrected chi connectivity index (χ1v) is 11.2. The van der Waals surface area contributed by atoms with Gasteiger partial charge in [-0.1, -0.05) is 18.2 Å². The van der Waals surface area contributed by atoms with Crippen LogP contribution < -0.4 is 5.32 Å². The Morgan fingerprint density at radius 3 is 2.37 bits per heavy atom. The monoisotopic (exact) mass is 474 g/mol. The van der Waals surface area contributed by atoms with Crippen LogP contribution in [0, 0.1) is 20.8 Å². The summed E-state index contributed by atoms with van der Waals surface area (Å²) in [7, 11) is 0. The molecule has 0 radical (unpaired) electrons. The number of esters is 2. The Hall–Kier alpha value is -4.34. The number of hydrogen-bond donors (Lipinski definition) is 1. The number of rotatable bonds is 7. The van der Waals surface area contributed by atoms with Gasteiger partial charge in [-0.25, -0.2) is 24.5 Å². The number of ether oxygens (including phenoxy) is 2. The van der Waals surface area contributed by atoms with Gasteiger partial charge in [-0.05, 0) is 51.8 Å². The Morgan fingerprint density at radius 2 is 1.66 bits per heavy atom. The second-order valence-corrected chi connectivity index (χ2v) is 7.83. The third kappa shape index (κ3) is 4.68. The minimum Gasteiger partial charge on any atom is -0.462 e. The van der Waals surface area contributed by atoms with Crippen molar-refractivity contribution in [1.82, 2.24) is 24.7 Å². The molecule has 4 rings (SSSR count). The molecule has 0 bridgehead atoms. The molecule has 35 heavy (non-hydrogen) atoms. The number of fused-ring (bicyclic) bond motifs is 1. The molecule has 0 saturated carbocycles. The van der Waals surface area contributed by atoms with Crippen molar-refractivity contribution in [1.29, 1.82) is 0 Å². The number of nitrogens with zero attached hydrogens (tertiary/aromatic N) is 5. The van der Waals surface area contributed by atoms with Crippen molar-refractivity contribution in [2.24, 2.45) is 0 Å². The lowest BCUT2D eigenvalue weighted by molar-refractivity contribution is 0.0518. The molecule has 1 N–H and O–H groups in total. The Bertz CT molecular complexity index is 1430. The summed E-state index contributed by atoms with van der Waals surface area (Å²) >= 11 is 0. The summed E-state index contributed by atoms with van der Waals surface area (Å²) in [5.74, 6) is 0.196. The van der Waals surface area contributed by atoms with Crippen molar-refractivity contribution in [2.75, 3.05) is 18.5 Å². The van der Waals surface area contributed by atoms with Gasteiger partial charge in [0.15, 0.2) is 11.6 Å². The number of aryl methyl sites for hydroxylation is 3. The maximum Gasteiger partial charge on any atom is 0.343 e. The van der Waals surface area contributed by atoms with Crippen molar-refractivity contribution in [2.45, 2.75) is 34.6 Å². The minimum absolute atomic E-state index is 0.124. The molecule has 0 amide bonds. The summed E-state index contributed by atoms with van der Waals surface area (Å²) in [6.07, 6.45) is 2.78. The van der Waals surface area contributed by atoms with E-state index in [-0.39, 0.29) is 36.0 Å². The number of carbonyl (C=O) groups is 2. The molecular formula is C25H26N6O4. The fraction of sp³-hybridized carbons (Fsp3) is 0.280. The van der Waals surface area contributed by atoms with Crippen LogP contribution in [0.2, 0.25) is 0 Å². The van der Waals surface area contributed by atoms with Gasteiger partial charge >= 0.3 is 11.9 Å². The first-order valence-electron chi connectivity index (χ1n) is 11.2. The third-order valence-electron chi connectivity index (χ3n) is 5.36. The zero-order valence-electron chi connectivity index (χ0n) is 20.2. The van der Waals surface area contributed by atoms with Crippen LogP contribution in [0.3, 0.4) is 0 Å². The number of pyridine rings is 1. The first kappa shape index (κ1) is 23.8. The predicted molar refractivity (Wildman–Crippen MR) is 130 cm³/mol. The maximum absolute atomic E-state index is 12.8. The van der Waals surface area contributed by atoms with Gasteiger partial charge in [0.2, 0.25) is 0 Å². The fourth-order valence-corrected chi connectivity index (χ4v) is 3.69. The summed E-state index contributed by atoms with van der Waals surface area (Å²) in [4.78, 5) is 38.6. The number of anilines is 2. The molecule has 0 saturated heterocycles. The van der Waals surface area contributed by atoms with E-state index < -0.39 is 11.9 Å². The summed E-state index contributed by atoms with van der Waals surface area (Å²) in [6, 6.07) is 7.86. The van der Waals surface area contributed by atoms with Gasteiger partial charge < -0.3 is 14.8 Å². The van der Waals surface area contributed by atoms with Crippen molar-refractivity contribution in [3.63, 3.8) is 0 Å². The molecule has 10 nitrogen and oxygen atoms in total. The molecular weight excluding hydrogens is 448 g/mol. The lowest BCUT2D eigenvalue weighted by atomic mass is 10.1. The van der Waals surface area contributed by atoms with E-state index >= 15 is 0 Å². The molecule has 0 unspecified atom stereocenters. The molecule has 0 aliphatic carbocycles. The summed E-state index contributed by atoms with van der Waals surface area (Å²) in [5.41, 5.74) is 3.13. The highest BCUT2D eigenvalue weighted by molar-refractivity contribution is 5.98. The number of hydrogen-bond acceptors (Lipinski definition) is 9. The average molecular weight is 475 g/mol. The Balaban J connectivity index is 1.90. The molecule has 0 atom stereocenters. The van der Waals surface area contributed by atoms with E-state index in [1.54, 1.807) is 20.8 Å². The largest absolute Gasteiger partial charge is 0.462 e. The van der Waals surface area contributed by atoms with E-state index in [4.69, 9.17) is 14.5 Å². The van der Waals surface area contributed by atoms with Crippen LogP contribution in [-0.2, 0) is 9.47 Å². The standard InChI is InChI=1S/C25H26N6O4/c1-6-34-24(32)18-12-26-16(5)28-22(18)30-23-19(25(33)35-7-2)13-27-31(23)20-11-15(4)17-10-8-9-14(3)21(17)29-20/h8-13H,6-7H2,1-5H3,(H,26,28,30). The fourth-order valence-electron chi connectivity index (χ4n) is 3.69. The van der Waals surface area contributed by atoms with Gasteiger partial charge in [-0.2, -0.15) is 9.78 Å². The quantitative estimate of drug-likeness (QED) is 0.392. The summed E-state index contributed by atoms with van der Waals surface area (Å²) in [6.45, 7) is 9.49. The van der Waals surface area contributed by atoms with E-state index in [2.05, 4.69) is 20.4 Å². The van der Waals surface area contributed by atoms with Gasteiger partial charge in [0, 0.05) is 11.6 Å². The highest BCUT2D eigenvalue weighted by Crippen LogP contribution is 2.28. The second kappa shape index (κ2) is 9.88. The zero-order valence-corrected chi connectivity index (χ0v) is 20.2. The summed E-state index contributed by atoms with van der Waals surface area (Å²) < 4.78 is 11.9. The Morgan fingerprint density at radius 1 is 0.943 bits per heavy atom. The van der Waals surface area contributed by atoms with Crippen molar-refractivity contribution in [3.8, 4) is 5.82 Å². The van der Waals surface area contributed by atoms with Crippen LogP contribution in [0.1, 0.15) is 51.5 Å². The van der Waals surface area contributed by atoms with Gasteiger partial charge in [-0.3, -0.25) is 0 Å². The number of benzene rings is 1. The minimum atomic E-state index is -0.589. The molecule has 0 fully saturated rings. The van der Waals surface area contributed by atoms with Crippen LogP contribution in [0.15, 0.2) is 36.7 Å². The molecule has 10 heteroatoms. The topological polar surface area (TPSA) is 121 Å². The normalized spacial score (nSPS) is 10.9. The van der Waals surface area contributed by atoms with Gasteiger partial charge in [-0.15, -0.1) is 0 Å². The molecule has 0 aliphatic heterocycles. The smallest absolute Gasteiger partial charge is 0.343 e. The van der Waals surface area contributed by atoms with E-state index in [9.17, 15) is 9.59 Å². The van der Waals surface area contributed by atoms with Crippen LogP contribution in [0.5, 0.6) is 0 Å². The third-order valence-corrected chi connectivity index (χ3v) is 5.36. The second-order valence-electron chi connectivity index (χ2n) is 7.83. The average Bonchev–Trinajstić information content (AvgIpc) is 3.23. The number of nitrogens with one attached hydrogen (secondary N) is 1. The molecule has 3 heterocycles. The SMILES string of the molecule is CCOC(=O)c1cnc(C)nc1Nc1c(C(=O)OCC)cnn1-c1cc(C)c2cccc(C)c2n1. The van der Waals surface area contributed by atoms with E-state index in [0.29, 0.717) is 11.6 Å². The van der Waals surface area contributed by atoms with Crippen LogP contribution in [0.25, 0.3) is 16.7 Å². The summed E-state index contributed by atoms with van der Waals surface area (Å²) in [5, 5.41) is 8.55.